The molecule has 274 valence electrons. The lowest BCUT2D eigenvalue weighted by atomic mass is 9.97. The van der Waals surface area contributed by atoms with Crippen LogP contribution in [0, 0.1) is 11.7 Å². The molecule has 0 amide bonds. The molecule has 2 N–H and O–H groups in total. The second kappa shape index (κ2) is 16.5. The Labute approximate surface area is 306 Å². The highest BCUT2D eigenvalue weighted by Gasteiger charge is 2.21. The monoisotopic (exact) mass is 720 g/mol. The van der Waals surface area contributed by atoms with Crippen LogP contribution in [0.15, 0.2) is 90.2 Å². The Bertz CT molecular complexity index is 2110. The van der Waals surface area contributed by atoms with Crippen molar-refractivity contribution in [2.75, 3.05) is 52.5 Å². The fourth-order valence-corrected chi connectivity index (χ4v) is 6.61. The lowest BCUT2D eigenvalue weighted by Gasteiger charge is -2.23. The minimum absolute atomic E-state index is 0.00890. The van der Waals surface area contributed by atoms with Crippen LogP contribution in [0.5, 0.6) is 11.5 Å². The molecule has 3 aromatic heterocycles. The highest BCUT2D eigenvalue weighted by Crippen LogP contribution is 2.35. The topological polar surface area (TPSA) is 137 Å². The molecule has 2 aliphatic heterocycles. The van der Waals surface area contributed by atoms with Gasteiger partial charge in [-0.1, -0.05) is 30.3 Å². The summed E-state index contributed by atoms with van der Waals surface area (Å²) >= 11 is 0. The number of carbonyl (C=O) groups is 1. The quantitative estimate of drug-likeness (QED) is 0.153. The molecule has 0 unspecified atom stereocenters. The summed E-state index contributed by atoms with van der Waals surface area (Å²) in [4.78, 5) is 36.0. The molecule has 7 rings (SSSR count). The minimum atomic E-state index is -0.506. The van der Waals surface area contributed by atoms with E-state index in [0.717, 1.165) is 46.9 Å². The van der Waals surface area contributed by atoms with Crippen molar-refractivity contribution >= 4 is 11.6 Å². The zero-order chi connectivity index (χ0) is 36.7. The molecular weight excluding hydrogens is 679 g/mol. The Kier molecular flexibility index (Phi) is 11.2. The molecule has 0 bridgehead atoms. The maximum absolute atomic E-state index is 13.8. The molecule has 12 heteroatoms. The van der Waals surface area contributed by atoms with E-state index in [4.69, 9.17) is 29.4 Å². The first-order valence-electron chi connectivity index (χ1n) is 17.7. The van der Waals surface area contributed by atoms with Crippen LogP contribution >= 0.6 is 0 Å². The first-order chi connectivity index (χ1) is 25.8. The average Bonchev–Trinajstić information content (AvgIpc) is 3.19. The highest BCUT2D eigenvalue weighted by molar-refractivity contribution is 5.98. The Morgan fingerprint density at radius 1 is 0.887 bits per heavy atom. The minimum Gasteiger partial charge on any atom is -0.493 e. The molecule has 2 fully saturated rings. The highest BCUT2D eigenvalue weighted by atomic mass is 19.1. The third-order valence-corrected chi connectivity index (χ3v) is 9.55. The van der Waals surface area contributed by atoms with Crippen molar-refractivity contribution < 1.29 is 32.9 Å². The van der Waals surface area contributed by atoms with Gasteiger partial charge in [0.2, 0.25) is 5.43 Å². The van der Waals surface area contributed by atoms with Crippen LogP contribution in [0.25, 0.3) is 33.5 Å². The van der Waals surface area contributed by atoms with E-state index in [9.17, 15) is 14.0 Å². The van der Waals surface area contributed by atoms with Gasteiger partial charge in [0.15, 0.2) is 17.3 Å². The second-order valence-electron chi connectivity index (χ2n) is 13.2. The van der Waals surface area contributed by atoms with Crippen LogP contribution in [-0.4, -0.2) is 73.2 Å². The van der Waals surface area contributed by atoms with Crippen molar-refractivity contribution in [2.24, 2.45) is 5.92 Å². The number of carbonyl (C=O) groups excluding carboxylic acids is 1. The molecule has 53 heavy (non-hydrogen) atoms. The molecule has 0 radical (unpaired) electrons. The van der Waals surface area contributed by atoms with Crippen LogP contribution in [0.4, 0.5) is 10.2 Å². The number of nitrogen functional groups attached to an aromatic ring is 1. The molecule has 2 aromatic carbocycles. The molecule has 0 saturated carbocycles. The van der Waals surface area contributed by atoms with Crippen LogP contribution in [0.2, 0.25) is 0 Å². The number of benzene rings is 2. The van der Waals surface area contributed by atoms with E-state index in [0.29, 0.717) is 75.1 Å². The predicted molar refractivity (Wildman–Crippen MR) is 198 cm³/mol. The van der Waals surface area contributed by atoms with Gasteiger partial charge in [0.05, 0.1) is 49.9 Å². The number of hydrogen-bond acceptors (Lipinski definition) is 10. The maximum atomic E-state index is 13.8. The SMILES string of the molecule is COc1cc(-c2cnc(N)c(-c3ccc(CC(=O)c4cn(CC5CCOCC5)cc(-c5ccc(F)cn5)c4=O)cc3)c2)ccc1OC[C@H]1COCCO1. The van der Waals surface area contributed by atoms with Crippen LogP contribution < -0.4 is 20.6 Å². The third-order valence-electron chi connectivity index (χ3n) is 9.55. The van der Waals surface area contributed by atoms with E-state index in [1.54, 1.807) is 25.7 Å². The van der Waals surface area contributed by atoms with Gasteiger partial charge in [-0.2, -0.15) is 0 Å². The van der Waals surface area contributed by atoms with Gasteiger partial charge >= 0.3 is 0 Å². The number of anilines is 1. The number of ketones is 1. The molecule has 0 aliphatic carbocycles. The summed E-state index contributed by atoms with van der Waals surface area (Å²) in [6, 6.07) is 17.8. The number of ether oxygens (including phenoxy) is 5. The van der Waals surface area contributed by atoms with Gasteiger partial charge in [0.1, 0.15) is 24.3 Å². The zero-order valence-electron chi connectivity index (χ0n) is 29.5. The van der Waals surface area contributed by atoms with E-state index in [-0.39, 0.29) is 29.4 Å². The number of Topliss-reactive ketones (excluding diaryl/α,β-unsaturated/α-hetero) is 1. The van der Waals surface area contributed by atoms with Crippen molar-refractivity contribution in [1.82, 2.24) is 14.5 Å². The van der Waals surface area contributed by atoms with Gasteiger partial charge < -0.3 is 34.0 Å². The molecule has 2 aliphatic rings. The molecule has 0 spiro atoms. The first-order valence-corrected chi connectivity index (χ1v) is 17.7. The van der Waals surface area contributed by atoms with Gasteiger partial charge in [-0.25, -0.2) is 9.37 Å². The average molecular weight is 721 g/mol. The third kappa shape index (κ3) is 8.62. The van der Waals surface area contributed by atoms with Crippen molar-refractivity contribution in [2.45, 2.75) is 31.9 Å². The van der Waals surface area contributed by atoms with E-state index < -0.39 is 11.2 Å². The van der Waals surface area contributed by atoms with Gasteiger partial charge in [0.25, 0.3) is 0 Å². The summed E-state index contributed by atoms with van der Waals surface area (Å²) in [7, 11) is 1.59. The van der Waals surface area contributed by atoms with Crippen molar-refractivity contribution in [3.05, 3.63) is 113 Å². The molecule has 2 saturated heterocycles. The van der Waals surface area contributed by atoms with Crippen LogP contribution in [0.1, 0.15) is 28.8 Å². The molecule has 5 aromatic rings. The van der Waals surface area contributed by atoms with Crippen molar-refractivity contribution in [3.8, 4) is 45.0 Å². The summed E-state index contributed by atoms with van der Waals surface area (Å²) in [6.45, 7) is 3.94. The Hall–Kier alpha value is -5.43. The van der Waals surface area contributed by atoms with Crippen LogP contribution in [-0.2, 0) is 27.2 Å². The number of nitrogens with two attached hydrogens (primary N) is 1. The Morgan fingerprint density at radius 2 is 1.70 bits per heavy atom. The molecule has 1 atom stereocenters. The fraction of sp³-hybridized carbons (Fsp3) is 0.317. The number of methoxy groups -OCH3 is 1. The summed E-state index contributed by atoms with van der Waals surface area (Å²) in [5, 5.41) is 0. The van der Waals surface area contributed by atoms with E-state index in [2.05, 4.69) is 9.97 Å². The van der Waals surface area contributed by atoms with E-state index in [1.165, 1.54) is 12.1 Å². The number of halogens is 1. The van der Waals surface area contributed by atoms with Crippen molar-refractivity contribution in [1.29, 1.82) is 0 Å². The standard InChI is InChI=1S/C41H41FN4O7/c1-49-39-18-29(6-9-38(39)53-25-32-24-51-14-15-52-32)30-17-33(41(43)45-19-30)28-4-2-26(3-5-28)16-37(47)35-23-46(21-27-10-12-50-13-11-27)22-34(40(35)48)36-8-7-31(42)20-44-36/h2-9,17-20,22-23,27,32H,10-16,21,24-25H2,1H3,(H2,43,45)/t32-/m1/s1. The smallest absolute Gasteiger partial charge is 0.201 e. The molecule has 5 heterocycles. The van der Waals surface area contributed by atoms with Crippen LogP contribution in [0.3, 0.4) is 0 Å². The largest absolute Gasteiger partial charge is 0.493 e. The fourth-order valence-electron chi connectivity index (χ4n) is 6.61. The van der Waals surface area contributed by atoms with E-state index >= 15 is 0 Å². The van der Waals surface area contributed by atoms with Gasteiger partial charge in [-0.05, 0) is 65.8 Å². The number of rotatable bonds is 12. The molecule has 11 nitrogen and oxygen atoms in total. The number of hydrogen-bond donors (Lipinski definition) is 1. The number of nitrogens with zero attached hydrogens (tertiary/aromatic N) is 3. The summed E-state index contributed by atoms with van der Waals surface area (Å²) in [6.07, 6.45) is 7.76. The predicted octanol–water partition coefficient (Wildman–Crippen LogP) is 6.02. The van der Waals surface area contributed by atoms with Gasteiger partial charge in [0, 0.05) is 55.9 Å². The van der Waals surface area contributed by atoms with Gasteiger partial charge in [-0.3, -0.25) is 14.6 Å². The Morgan fingerprint density at radius 3 is 2.43 bits per heavy atom. The summed E-state index contributed by atoms with van der Waals surface area (Å²) in [5.41, 5.74) is 10.5. The first kappa shape index (κ1) is 36.0. The number of aromatic nitrogens is 3. The normalized spacial score (nSPS) is 16.3. The second-order valence-corrected chi connectivity index (χ2v) is 13.2. The Balaban J connectivity index is 1.09. The van der Waals surface area contributed by atoms with Crippen molar-refractivity contribution in [3.63, 3.8) is 0 Å². The zero-order valence-corrected chi connectivity index (χ0v) is 29.5. The lowest BCUT2D eigenvalue weighted by Crippen LogP contribution is -2.33. The maximum Gasteiger partial charge on any atom is 0.201 e. The molecular formula is C41H41FN4O7. The summed E-state index contributed by atoms with van der Waals surface area (Å²) in [5.74, 6) is 1.03. The van der Waals surface area contributed by atoms with Gasteiger partial charge in [-0.15, -0.1) is 0 Å². The lowest BCUT2D eigenvalue weighted by molar-refractivity contribution is -0.101. The van der Waals surface area contributed by atoms with E-state index in [1.807, 2.05) is 53.1 Å². The number of pyridine rings is 3. The summed E-state index contributed by atoms with van der Waals surface area (Å²) < 4.78 is 43.8.